The minimum Gasteiger partial charge on any atom is -0.353 e. The van der Waals surface area contributed by atoms with Gasteiger partial charge in [-0.2, -0.15) is 0 Å². The molecule has 1 heterocycles. The summed E-state index contributed by atoms with van der Waals surface area (Å²) in [5.41, 5.74) is 0. The number of hydrogen-bond acceptors (Lipinski definition) is 1. The molecule has 1 aliphatic heterocycles. The van der Waals surface area contributed by atoms with E-state index in [2.05, 4.69) is 6.92 Å². The van der Waals surface area contributed by atoms with Crippen molar-refractivity contribution >= 4 is 7.98 Å². The van der Waals surface area contributed by atoms with E-state index in [1.165, 1.54) is 0 Å². The van der Waals surface area contributed by atoms with Crippen LogP contribution in [-0.4, -0.2) is 25.9 Å². The number of hydrogen-bond donors (Lipinski definition) is 0. The first-order valence-electron chi connectivity index (χ1n) is 2.28. The lowest BCUT2D eigenvalue weighted by molar-refractivity contribution is 0.227. The van der Waals surface area contributed by atoms with Gasteiger partial charge in [0.25, 0.3) is 0 Å². The van der Waals surface area contributed by atoms with Crippen molar-refractivity contribution in [3.05, 3.63) is 0 Å². The highest BCUT2D eigenvalue weighted by atomic mass is 15.1. The van der Waals surface area contributed by atoms with Crippen LogP contribution in [0.5, 0.6) is 0 Å². The summed E-state index contributed by atoms with van der Waals surface area (Å²) in [6.45, 7) is 4.36. The lowest BCUT2D eigenvalue weighted by Crippen LogP contribution is -2.42. The van der Waals surface area contributed by atoms with Gasteiger partial charge in [-0.25, -0.2) is 0 Å². The molecule has 0 atom stereocenters. The number of nitrogens with zero attached hydrogens (tertiary/aromatic N) is 1. The summed E-state index contributed by atoms with van der Waals surface area (Å²) in [6.07, 6.45) is 0. The van der Waals surface area contributed by atoms with Gasteiger partial charge in [-0.3, -0.25) is 0 Å². The van der Waals surface area contributed by atoms with Crippen molar-refractivity contribution in [2.24, 2.45) is 5.92 Å². The SMILES string of the molecule is [B]N1CC(C)C1. The van der Waals surface area contributed by atoms with E-state index in [1.807, 2.05) is 4.81 Å². The topological polar surface area (TPSA) is 3.24 Å². The quantitative estimate of drug-likeness (QED) is 0.371. The van der Waals surface area contributed by atoms with Gasteiger partial charge in [-0.05, 0) is 19.0 Å². The Kier molecular flexibility index (Phi) is 0.883. The maximum Gasteiger partial charge on any atom is 0.182 e. The maximum atomic E-state index is 5.30. The molecule has 0 aromatic heterocycles. The van der Waals surface area contributed by atoms with Crippen molar-refractivity contribution < 1.29 is 0 Å². The summed E-state index contributed by atoms with van der Waals surface area (Å²) in [5, 5.41) is 0. The summed E-state index contributed by atoms with van der Waals surface area (Å²) in [4.78, 5) is 1.82. The van der Waals surface area contributed by atoms with Crippen molar-refractivity contribution in [3.8, 4) is 0 Å². The third-order valence-electron chi connectivity index (χ3n) is 1.09. The first-order chi connectivity index (χ1) is 2.79. The van der Waals surface area contributed by atoms with Crippen LogP contribution in [0.15, 0.2) is 0 Å². The highest BCUT2D eigenvalue weighted by molar-refractivity contribution is 6.04. The zero-order valence-electron chi connectivity index (χ0n) is 4.02. The fourth-order valence-corrected chi connectivity index (χ4v) is 0.747. The van der Waals surface area contributed by atoms with E-state index in [0.717, 1.165) is 19.0 Å². The largest absolute Gasteiger partial charge is 0.353 e. The Morgan fingerprint density at radius 1 is 1.67 bits per heavy atom. The van der Waals surface area contributed by atoms with Crippen LogP contribution in [0.4, 0.5) is 0 Å². The first-order valence-corrected chi connectivity index (χ1v) is 2.28. The Morgan fingerprint density at radius 3 is 2.17 bits per heavy atom. The summed E-state index contributed by atoms with van der Waals surface area (Å²) >= 11 is 0. The Labute approximate surface area is 39.8 Å². The zero-order chi connectivity index (χ0) is 4.57. The van der Waals surface area contributed by atoms with Gasteiger partial charge in [0.1, 0.15) is 0 Å². The molecule has 1 aliphatic rings. The smallest absolute Gasteiger partial charge is 0.182 e. The van der Waals surface area contributed by atoms with Crippen LogP contribution in [-0.2, 0) is 0 Å². The second-order valence-electron chi connectivity index (χ2n) is 2.06. The summed E-state index contributed by atoms with van der Waals surface area (Å²) in [6, 6.07) is 0. The van der Waals surface area contributed by atoms with Gasteiger partial charge >= 0.3 is 0 Å². The molecular formula is C4H8BN. The molecule has 0 spiro atoms. The van der Waals surface area contributed by atoms with E-state index in [0.29, 0.717) is 0 Å². The Balaban J connectivity index is 2.11. The number of rotatable bonds is 0. The molecule has 0 unspecified atom stereocenters. The molecule has 2 heteroatoms. The van der Waals surface area contributed by atoms with E-state index >= 15 is 0 Å². The fourth-order valence-electron chi connectivity index (χ4n) is 0.747. The molecule has 0 aromatic rings. The van der Waals surface area contributed by atoms with Gasteiger partial charge in [0.15, 0.2) is 7.98 Å². The summed E-state index contributed by atoms with van der Waals surface area (Å²) in [5.74, 6) is 0.843. The molecule has 0 aromatic carbocycles. The minimum absolute atomic E-state index is 0.843. The lowest BCUT2D eigenvalue weighted by atomic mass is 9.99. The van der Waals surface area contributed by atoms with Crippen molar-refractivity contribution in [1.29, 1.82) is 0 Å². The van der Waals surface area contributed by atoms with E-state index in [1.54, 1.807) is 0 Å². The predicted molar refractivity (Wildman–Crippen MR) is 26.5 cm³/mol. The highest BCUT2D eigenvalue weighted by Gasteiger charge is 2.15. The van der Waals surface area contributed by atoms with Crippen molar-refractivity contribution in [1.82, 2.24) is 4.81 Å². The molecule has 1 nitrogen and oxygen atoms in total. The van der Waals surface area contributed by atoms with Crippen LogP contribution in [0.3, 0.4) is 0 Å². The second kappa shape index (κ2) is 1.26. The predicted octanol–water partition coefficient (Wildman–Crippen LogP) is 0.0216. The Hall–Kier alpha value is 0.0249. The normalized spacial score (nSPS) is 26.8. The molecule has 2 radical (unpaired) electrons. The molecule has 0 aliphatic carbocycles. The minimum atomic E-state index is 0.843. The Morgan fingerprint density at radius 2 is 2.17 bits per heavy atom. The van der Waals surface area contributed by atoms with Gasteiger partial charge in [-0.15, -0.1) is 0 Å². The second-order valence-corrected chi connectivity index (χ2v) is 2.06. The van der Waals surface area contributed by atoms with Crippen LogP contribution in [0.1, 0.15) is 6.92 Å². The van der Waals surface area contributed by atoms with Crippen molar-refractivity contribution in [2.75, 3.05) is 13.1 Å². The van der Waals surface area contributed by atoms with Gasteiger partial charge in [0.05, 0.1) is 0 Å². The molecule has 0 amide bonds. The molecule has 0 N–H and O–H groups in total. The maximum absolute atomic E-state index is 5.30. The van der Waals surface area contributed by atoms with Crippen LogP contribution in [0, 0.1) is 5.92 Å². The molecule has 1 saturated heterocycles. The van der Waals surface area contributed by atoms with Crippen LogP contribution in [0.25, 0.3) is 0 Å². The van der Waals surface area contributed by atoms with E-state index in [9.17, 15) is 0 Å². The highest BCUT2D eigenvalue weighted by Crippen LogP contribution is 2.08. The third-order valence-corrected chi connectivity index (χ3v) is 1.09. The summed E-state index contributed by atoms with van der Waals surface area (Å²) < 4.78 is 0. The van der Waals surface area contributed by atoms with Crippen LogP contribution < -0.4 is 0 Å². The van der Waals surface area contributed by atoms with Gasteiger partial charge in [0, 0.05) is 0 Å². The van der Waals surface area contributed by atoms with Crippen LogP contribution in [0.2, 0.25) is 0 Å². The standard InChI is InChI=1S/C4H8BN/c1-4-2-6(5)3-4/h4H,2-3H2,1H3. The Bertz CT molecular complexity index is 43.5. The first kappa shape index (κ1) is 4.19. The van der Waals surface area contributed by atoms with E-state index in [-0.39, 0.29) is 0 Å². The van der Waals surface area contributed by atoms with Gasteiger partial charge < -0.3 is 4.81 Å². The lowest BCUT2D eigenvalue weighted by Gasteiger charge is -2.34. The zero-order valence-corrected chi connectivity index (χ0v) is 4.02. The van der Waals surface area contributed by atoms with E-state index in [4.69, 9.17) is 7.98 Å². The summed E-state index contributed by atoms with van der Waals surface area (Å²) in [7, 11) is 5.30. The molecule has 32 valence electrons. The van der Waals surface area contributed by atoms with Gasteiger partial charge in [-0.1, -0.05) is 6.92 Å². The van der Waals surface area contributed by atoms with Crippen molar-refractivity contribution in [3.63, 3.8) is 0 Å². The van der Waals surface area contributed by atoms with Crippen molar-refractivity contribution in [2.45, 2.75) is 6.92 Å². The van der Waals surface area contributed by atoms with E-state index < -0.39 is 0 Å². The van der Waals surface area contributed by atoms with Gasteiger partial charge in [0.2, 0.25) is 0 Å². The molecule has 0 saturated carbocycles. The molecule has 1 fully saturated rings. The monoisotopic (exact) mass is 81.1 g/mol. The molecule has 1 rings (SSSR count). The fraction of sp³-hybridized carbons (Fsp3) is 1.00. The molecule has 0 bridgehead atoms. The van der Waals surface area contributed by atoms with Crippen LogP contribution >= 0.6 is 0 Å². The molecule has 6 heavy (non-hydrogen) atoms. The third kappa shape index (κ3) is 0.572. The average Bonchev–Trinajstić information content (AvgIpc) is 1.33. The average molecular weight is 80.9 g/mol. The molecular weight excluding hydrogens is 72.9 g/mol.